The molecule has 0 bridgehead atoms. The number of hydrogen-bond donors (Lipinski definition) is 1. The third-order valence-electron chi connectivity index (χ3n) is 2.68. The van der Waals surface area contributed by atoms with E-state index in [1.54, 1.807) is 19.2 Å². The van der Waals surface area contributed by atoms with Crippen molar-refractivity contribution in [1.82, 2.24) is 0 Å². The Morgan fingerprint density at radius 1 is 1.19 bits per heavy atom. The Balaban J connectivity index is 3.21. The number of esters is 2. The van der Waals surface area contributed by atoms with Crippen LogP contribution in [0.1, 0.15) is 5.56 Å². The molecule has 1 rings (SSSR count). The van der Waals surface area contributed by atoms with Gasteiger partial charge >= 0.3 is 11.9 Å². The van der Waals surface area contributed by atoms with Crippen molar-refractivity contribution in [2.24, 2.45) is 0 Å². The summed E-state index contributed by atoms with van der Waals surface area (Å²) in [5.41, 5.74) is 1.34. The maximum Gasteiger partial charge on any atom is 0.354 e. The molecule has 0 aliphatic rings. The number of rotatable bonds is 5. The molecule has 0 fully saturated rings. The van der Waals surface area contributed by atoms with Gasteiger partial charge in [0.1, 0.15) is 11.4 Å². The first-order chi connectivity index (χ1) is 9.92. The fraction of sp³-hybridized carbons (Fsp3) is 0.286. The Bertz CT molecular complexity index is 583. The fourth-order valence-electron chi connectivity index (χ4n) is 1.57. The molecule has 0 aromatic heterocycles. The summed E-state index contributed by atoms with van der Waals surface area (Å²) in [5, 5.41) is 2.85. The molecule has 1 aromatic carbocycles. The first kappa shape index (κ1) is 17.0. The monoisotopic (exact) mass is 357 g/mol. The number of nitrogens with one attached hydrogen (secondary N) is 1. The second kappa shape index (κ2) is 7.68. The molecule has 7 heteroatoms. The average molecular weight is 358 g/mol. The Hall–Kier alpha value is -2.02. The molecule has 0 aliphatic carbocycles. The van der Waals surface area contributed by atoms with Crippen LogP contribution in [0.2, 0.25) is 0 Å². The number of halogens is 1. The number of methoxy groups -OCH3 is 3. The highest BCUT2D eigenvalue weighted by molar-refractivity contribution is 9.10. The molecule has 1 N–H and O–H groups in total. The van der Waals surface area contributed by atoms with Crippen LogP contribution in [0.3, 0.4) is 0 Å². The molecular weight excluding hydrogens is 342 g/mol. The van der Waals surface area contributed by atoms with Gasteiger partial charge in [0.05, 0.1) is 27.4 Å². The Morgan fingerprint density at radius 3 is 2.38 bits per heavy atom. The van der Waals surface area contributed by atoms with Crippen LogP contribution in [-0.2, 0) is 19.1 Å². The molecule has 0 aliphatic heterocycles. The van der Waals surface area contributed by atoms with E-state index in [-0.39, 0.29) is 5.70 Å². The minimum Gasteiger partial charge on any atom is -0.496 e. The molecule has 0 atom stereocenters. The van der Waals surface area contributed by atoms with Crippen LogP contribution in [0, 0.1) is 6.92 Å². The molecule has 0 saturated heterocycles. The fourth-order valence-corrected chi connectivity index (χ4v) is 2.01. The number of anilines is 1. The molecule has 0 saturated carbocycles. The maximum absolute atomic E-state index is 11.7. The van der Waals surface area contributed by atoms with Crippen molar-refractivity contribution in [1.29, 1.82) is 0 Å². The van der Waals surface area contributed by atoms with Crippen molar-refractivity contribution in [2.75, 3.05) is 26.6 Å². The highest BCUT2D eigenvalue weighted by Gasteiger charge is 2.15. The summed E-state index contributed by atoms with van der Waals surface area (Å²) in [4.78, 5) is 23.0. The Labute approximate surface area is 131 Å². The van der Waals surface area contributed by atoms with E-state index < -0.39 is 11.9 Å². The lowest BCUT2D eigenvalue weighted by Crippen LogP contribution is -2.16. The van der Waals surface area contributed by atoms with Gasteiger partial charge in [-0.2, -0.15) is 0 Å². The van der Waals surface area contributed by atoms with Crippen LogP contribution in [-0.4, -0.2) is 33.3 Å². The molecule has 1 aromatic rings. The third-order valence-corrected chi connectivity index (χ3v) is 3.14. The van der Waals surface area contributed by atoms with E-state index in [4.69, 9.17) is 4.74 Å². The van der Waals surface area contributed by atoms with Crippen molar-refractivity contribution in [3.63, 3.8) is 0 Å². The second-order valence-corrected chi connectivity index (χ2v) is 4.89. The summed E-state index contributed by atoms with van der Waals surface area (Å²) in [5.74, 6) is -0.713. The summed E-state index contributed by atoms with van der Waals surface area (Å²) >= 11 is 3.35. The quantitative estimate of drug-likeness (QED) is 0.644. The van der Waals surface area contributed by atoms with Gasteiger partial charge in [-0.25, -0.2) is 9.59 Å². The lowest BCUT2D eigenvalue weighted by atomic mass is 10.1. The molecule has 0 radical (unpaired) electrons. The van der Waals surface area contributed by atoms with Crippen molar-refractivity contribution in [3.05, 3.63) is 33.9 Å². The Kier molecular flexibility index (Phi) is 6.23. The van der Waals surface area contributed by atoms with Crippen LogP contribution in [0.25, 0.3) is 0 Å². The van der Waals surface area contributed by atoms with E-state index in [2.05, 4.69) is 30.7 Å². The largest absolute Gasteiger partial charge is 0.496 e. The number of carbonyl (C=O) groups excluding carboxylic acids is 2. The molecule has 0 amide bonds. The summed E-state index contributed by atoms with van der Waals surface area (Å²) in [6.07, 6.45) is 1.03. The lowest BCUT2D eigenvalue weighted by Gasteiger charge is -2.14. The molecular formula is C14H16BrNO5. The highest BCUT2D eigenvalue weighted by atomic mass is 79.9. The van der Waals surface area contributed by atoms with Crippen molar-refractivity contribution in [3.8, 4) is 5.75 Å². The van der Waals surface area contributed by atoms with Crippen molar-refractivity contribution < 1.29 is 23.8 Å². The van der Waals surface area contributed by atoms with Crippen LogP contribution in [0.4, 0.5) is 5.69 Å². The van der Waals surface area contributed by atoms with Gasteiger partial charge < -0.3 is 19.5 Å². The van der Waals surface area contributed by atoms with Gasteiger partial charge in [0.2, 0.25) is 0 Å². The predicted octanol–water partition coefficient (Wildman–Crippen LogP) is 2.41. The number of benzene rings is 1. The first-order valence-electron chi connectivity index (χ1n) is 5.92. The maximum atomic E-state index is 11.7. The zero-order chi connectivity index (χ0) is 16.0. The summed E-state index contributed by atoms with van der Waals surface area (Å²) < 4.78 is 15.1. The van der Waals surface area contributed by atoms with Crippen LogP contribution >= 0.6 is 15.9 Å². The zero-order valence-electron chi connectivity index (χ0n) is 12.2. The lowest BCUT2D eigenvalue weighted by molar-refractivity contribution is -0.138. The molecule has 0 heterocycles. The van der Waals surface area contributed by atoms with E-state index >= 15 is 0 Å². The first-order valence-corrected chi connectivity index (χ1v) is 6.71. The number of hydrogen-bond acceptors (Lipinski definition) is 6. The SMILES string of the molecule is COC(=O)/C=C(/Nc1cc(Br)cc(OC)c1C)C(=O)OC. The van der Waals surface area contributed by atoms with Gasteiger partial charge in [0.15, 0.2) is 0 Å². The second-order valence-electron chi connectivity index (χ2n) is 3.98. The van der Waals surface area contributed by atoms with Crippen LogP contribution in [0.5, 0.6) is 5.75 Å². The molecule has 21 heavy (non-hydrogen) atoms. The average Bonchev–Trinajstić information content (AvgIpc) is 2.48. The van der Waals surface area contributed by atoms with E-state index in [0.29, 0.717) is 11.4 Å². The van der Waals surface area contributed by atoms with Crippen molar-refractivity contribution >= 4 is 33.6 Å². The van der Waals surface area contributed by atoms with E-state index in [1.165, 1.54) is 14.2 Å². The number of ether oxygens (including phenoxy) is 3. The van der Waals surface area contributed by atoms with Gasteiger partial charge in [-0.05, 0) is 19.1 Å². The summed E-state index contributed by atoms with van der Waals surface area (Å²) in [7, 11) is 3.99. The Morgan fingerprint density at radius 2 is 1.86 bits per heavy atom. The predicted molar refractivity (Wildman–Crippen MR) is 81.2 cm³/mol. The van der Waals surface area contributed by atoms with E-state index in [9.17, 15) is 9.59 Å². The summed E-state index contributed by atoms with van der Waals surface area (Å²) in [6.45, 7) is 1.82. The molecule has 6 nitrogen and oxygen atoms in total. The molecule has 0 spiro atoms. The number of carbonyl (C=O) groups is 2. The van der Waals surface area contributed by atoms with Crippen molar-refractivity contribution in [2.45, 2.75) is 6.92 Å². The highest BCUT2D eigenvalue weighted by Crippen LogP contribution is 2.31. The minimum absolute atomic E-state index is 0.0346. The van der Waals surface area contributed by atoms with Gasteiger partial charge in [-0.3, -0.25) is 0 Å². The standard InChI is InChI=1S/C14H16BrNO5/c1-8-10(5-9(15)6-12(8)19-2)16-11(14(18)21-4)7-13(17)20-3/h5-7,16H,1-4H3/b11-7+. The third kappa shape index (κ3) is 4.49. The van der Waals surface area contributed by atoms with E-state index in [1.807, 2.05) is 6.92 Å². The summed E-state index contributed by atoms with van der Waals surface area (Å²) in [6, 6.07) is 3.55. The van der Waals surface area contributed by atoms with Crippen LogP contribution < -0.4 is 10.1 Å². The van der Waals surface area contributed by atoms with Gasteiger partial charge in [0.25, 0.3) is 0 Å². The van der Waals surface area contributed by atoms with Crippen LogP contribution in [0.15, 0.2) is 28.4 Å². The van der Waals surface area contributed by atoms with Gasteiger partial charge in [-0.1, -0.05) is 15.9 Å². The normalized spacial score (nSPS) is 10.8. The molecule has 0 unspecified atom stereocenters. The van der Waals surface area contributed by atoms with E-state index in [0.717, 1.165) is 16.1 Å². The topological polar surface area (TPSA) is 73.9 Å². The minimum atomic E-state index is -0.682. The molecule has 114 valence electrons. The smallest absolute Gasteiger partial charge is 0.354 e. The van der Waals surface area contributed by atoms with Gasteiger partial charge in [0, 0.05) is 15.7 Å². The van der Waals surface area contributed by atoms with Gasteiger partial charge in [-0.15, -0.1) is 0 Å². The zero-order valence-corrected chi connectivity index (χ0v) is 13.7.